The van der Waals surface area contributed by atoms with Crippen LogP contribution < -0.4 is 0 Å². The third-order valence-electron chi connectivity index (χ3n) is 2.41. The molecule has 0 fully saturated rings. The minimum Gasteiger partial charge on any atom is -0.465 e. The molecule has 18 heavy (non-hydrogen) atoms. The lowest BCUT2D eigenvalue weighted by atomic mass is 10.3. The first-order valence-corrected chi connectivity index (χ1v) is 5.67. The van der Waals surface area contributed by atoms with Crippen LogP contribution in [-0.4, -0.2) is 46.7 Å². The van der Waals surface area contributed by atoms with Crippen LogP contribution in [0, 0.1) is 0 Å². The van der Waals surface area contributed by atoms with Crippen molar-refractivity contribution in [1.29, 1.82) is 0 Å². The Balaban J connectivity index is 2.57. The smallest absolute Gasteiger partial charge is 0.339 e. The van der Waals surface area contributed by atoms with Crippen LogP contribution >= 0.6 is 11.6 Å². The van der Waals surface area contributed by atoms with Crippen molar-refractivity contribution >= 4 is 23.2 Å². The van der Waals surface area contributed by atoms with Gasteiger partial charge >= 0.3 is 5.97 Å². The number of hydrogen-bond acceptors (Lipinski definition) is 5. The van der Waals surface area contributed by atoms with Crippen LogP contribution in [0.1, 0.15) is 16.2 Å². The van der Waals surface area contributed by atoms with E-state index in [1.165, 1.54) is 13.2 Å². The number of fused-ring (bicyclic) bond motifs is 1. The van der Waals surface area contributed by atoms with Crippen LogP contribution in [0.15, 0.2) is 12.3 Å². The first-order valence-electron chi connectivity index (χ1n) is 5.29. The molecular weight excluding hydrogens is 256 g/mol. The zero-order chi connectivity index (χ0) is 13.3. The zero-order valence-electron chi connectivity index (χ0n) is 10.3. The molecule has 2 aromatic rings. The van der Waals surface area contributed by atoms with Gasteiger partial charge in [0.2, 0.25) is 0 Å². The van der Waals surface area contributed by atoms with E-state index in [2.05, 4.69) is 14.9 Å². The summed E-state index contributed by atoms with van der Waals surface area (Å²) >= 11 is 6.07. The molecule has 0 atom stereocenters. The number of nitrogens with zero attached hydrogens (tertiary/aromatic N) is 4. The summed E-state index contributed by atoms with van der Waals surface area (Å²) in [4.78, 5) is 13.5. The standard InChI is InChI=1S/C11H13ClN4O2/c1-15(2)6-9-13-14-10-8(12)4-7(5-16(9)10)11(17)18-3/h4-5H,6H2,1-3H3. The van der Waals surface area contributed by atoms with Crippen LogP contribution in [0.4, 0.5) is 0 Å². The molecule has 0 bridgehead atoms. The Morgan fingerprint density at radius 3 is 2.83 bits per heavy atom. The number of rotatable bonds is 3. The van der Waals surface area contributed by atoms with Crippen molar-refractivity contribution in [3.05, 3.63) is 28.7 Å². The maximum Gasteiger partial charge on any atom is 0.339 e. The van der Waals surface area contributed by atoms with E-state index in [0.29, 0.717) is 28.6 Å². The van der Waals surface area contributed by atoms with Gasteiger partial charge in [0.05, 0.1) is 24.2 Å². The van der Waals surface area contributed by atoms with E-state index in [-0.39, 0.29) is 0 Å². The molecule has 0 aliphatic heterocycles. The molecule has 2 aromatic heterocycles. The fraction of sp³-hybridized carbons (Fsp3) is 0.364. The molecule has 96 valence electrons. The number of carbonyl (C=O) groups is 1. The predicted octanol–water partition coefficient (Wildman–Crippen LogP) is 1.23. The highest BCUT2D eigenvalue weighted by Gasteiger charge is 2.14. The lowest BCUT2D eigenvalue weighted by Gasteiger charge is -2.08. The van der Waals surface area contributed by atoms with Crippen molar-refractivity contribution in [2.75, 3.05) is 21.2 Å². The number of carbonyl (C=O) groups excluding carboxylic acids is 1. The lowest BCUT2D eigenvalue weighted by molar-refractivity contribution is 0.0600. The Morgan fingerprint density at radius 2 is 2.22 bits per heavy atom. The molecule has 0 radical (unpaired) electrons. The molecule has 0 saturated carbocycles. The highest BCUT2D eigenvalue weighted by molar-refractivity contribution is 6.33. The number of esters is 1. The Bertz CT molecular complexity index is 594. The summed E-state index contributed by atoms with van der Waals surface area (Å²) in [6.45, 7) is 0.599. The van der Waals surface area contributed by atoms with Gasteiger partial charge in [-0.15, -0.1) is 10.2 Å². The average Bonchev–Trinajstić information content (AvgIpc) is 2.71. The largest absolute Gasteiger partial charge is 0.465 e. The summed E-state index contributed by atoms with van der Waals surface area (Å²) in [6.07, 6.45) is 1.63. The van der Waals surface area contributed by atoms with Gasteiger partial charge in [-0.25, -0.2) is 4.79 Å². The molecule has 6 nitrogen and oxygen atoms in total. The molecular formula is C11H13ClN4O2. The van der Waals surface area contributed by atoms with Gasteiger partial charge in [-0.2, -0.15) is 0 Å². The minimum atomic E-state index is -0.441. The number of pyridine rings is 1. The quantitative estimate of drug-likeness (QED) is 0.784. The van der Waals surface area contributed by atoms with E-state index in [1.807, 2.05) is 19.0 Å². The van der Waals surface area contributed by atoms with Crippen molar-refractivity contribution in [1.82, 2.24) is 19.5 Å². The maximum absolute atomic E-state index is 11.5. The highest BCUT2D eigenvalue weighted by Crippen LogP contribution is 2.19. The van der Waals surface area contributed by atoms with E-state index >= 15 is 0 Å². The number of hydrogen-bond donors (Lipinski definition) is 0. The molecule has 0 aromatic carbocycles. The maximum atomic E-state index is 11.5. The highest BCUT2D eigenvalue weighted by atomic mass is 35.5. The van der Waals surface area contributed by atoms with Gasteiger partial charge in [0.15, 0.2) is 11.5 Å². The van der Waals surface area contributed by atoms with Gasteiger partial charge in [-0.05, 0) is 20.2 Å². The summed E-state index contributed by atoms with van der Waals surface area (Å²) in [5.41, 5.74) is 0.899. The summed E-state index contributed by atoms with van der Waals surface area (Å²) in [5, 5.41) is 8.43. The molecule has 0 aliphatic carbocycles. The third kappa shape index (κ3) is 2.30. The van der Waals surface area contributed by atoms with Crippen LogP contribution in [0.5, 0.6) is 0 Å². The second-order valence-corrected chi connectivity index (χ2v) is 4.52. The van der Waals surface area contributed by atoms with Crippen molar-refractivity contribution in [2.24, 2.45) is 0 Å². The van der Waals surface area contributed by atoms with E-state index in [9.17, 15) is 4.79 Å². The van der Waals surface area contributed by atoms with Gasteiger partial charge in [0.25, 0.3) is 0 Å². The molecule has 0 aliphatic rings. The van der Waals surface area contributed by atoms with Crippen molar-refractivity contribution < 1.29 is 9.53 Å². The summed E-state index contributed by atoms with van der Waals surface area (Å²) in [5.74, 6) is 0.269. The van der Waals surface area contributed by atoms with E-state index in [4.69, 9.17) is 11.6 Å². The van der Waals surface area contributed by atoms with Crippen molar-refractivity contribution in [2.45, 2.75) is 6.54 Å². The SMILES string of the molecule is COC(=O)c1cc(Cl)c2nnc(CN(C)C)n2c1. The van der Waals surface area contributed by atoms with Gasteiger partial charge in [-0.3, -0.25) is 4.40 Å². The molecule has 2 heterocycles. The minimum absolute atomic E-state index is 0.370. The van der Waals surface area contributed by atoms with Gasteiger partial charge in [0, 0.05) is 6.20 Å². The molecule has 0 N–H and O–H groups in total. The lowest BCUT2D eigenvalue weighted by Crippen LogP contribution is -2.14. The fourth-order valence-electron chi connectivity index (χ4n) is 1.62. The molecule has 0 unspecified atom stereocenters. The Hall–Kier alpha value is -1.66. The Labute approximate surface area is 109 Å². The summed E-state index contributed by atoms with van der Waals surface area (Å²) in [6, 6.07) is 1.52. The number of methoxy groups -OCH3 is 1. The van der Waals surface area contributed by atoms with E-state index < -0.39 is 5.97 Å². The molecule has 0 spiro atoms. The van der Waals surface area contributed by atoms with Gasteiger partial charge < -0.3 is 9.64 Å². The molecule has 2 rings (SSSR count). The molecule has 7 heteroatoms. The monoisotopic (exact) mass is 268 g/mol. The second kappa shape index (κ2) is 4.91. The van der Waals surface area contributed by atoms with Crippen LogP contribution in [0.3, 0.4) is 0 Å². The number of aromatic nitrogens is 3. The number of ether oxygens (including phenoxy) is 1. The van der Waals surface area contributed by atoms with Crippen LogP contribution in [0.25, 0.3) is 5.65 Å². The van der Waals surface area contributed by atoms with Crippen LogP contribution in [-0.2, 0) is 11.3 Å². The summed E-state index contributed by atoms with van der Waals surface area (Å²) in [7, 11) is 5.17. The molecule has 0 amide bonds. The van der Waals surface area contributed by atoms with Crippen molar-refractivity contribution in [3.63, 3.8) is 0 Å². The normalized spacial score (nSPS) is 11.2. The number of halogens is 1. The van der Waals surface area contributed by atoms with Gasteiger partial charge in [-0.1, -0.05) is 11.6 Å². The Kier molecular flexibility index (Phi) is 3.49. The second-order valence-electron chi connectivity index (χ2n) is 4.12. The Morgan fingerprint density at radius 1 is 1.50 bits per heavy atom. The first kappa shape index (κ1) is 12.8. The zero-order valence-corrected chi connectivity index (χ0v) is 11.1. The third-order valence-corrected chi connectivity index (χ3v) is 2.69. The fourth-order valence-corrected chi connectivity index (χ4v) is 1.87. The molecule has 0 saturated heterocycles. The van der Waals surface area contributed by atoms with E-state index in [0.717, 1.165) is 0 Å². The van der Waals surface area contributed by atoms with Crippen molar-refractivity contribution in [3.8, 4) is 0 Å². The summed E-state index contributed by atoms with van der Waals surface area (Å²) < 4.78 is 6.38. The average molecular weight is 269 g/mol. The predicted molar refractivity (Wildman–Crippen MR) is 66.7 cm³/mol. The topological polar surface area (TPSA) is 59.7 Å². The van der Waals surface area contributed by atoms with Gasteiger partial charge in [0.1, 0.15) is 0 Å². The first-order chi connectivity index (χ1) is 8.52. The van der Waals surface area contributed by atoms with E-state index in [1.54, 1.807) is 10.6 Å². The van der Waals surface area contributed by atoms with Crippen LogP contribution in [0.2, 0.25) is 5.02 Å².